The molecule has 0 unspecified atom stereocenters. The maximum atomic E-state index is 7.18. The van der Waals surface area contributed by atoms with E-state index in [0.29, 0.717) is 6.61 Å². The lowest BCUT2D eigenvalue weighted by Crippen LogP contribution is -2.27. The number of terminal acetylenes is 1. The number of rotatable bonds is 2. The predicted molar refractivity (Wildman–Crippen MR) is 51.5 cm³/mol. The van der Waals surface area contributed by atoms with Crippen LogP contribution in [0.25, 0.3) is 0 Å². The normalized spacial score (nSPS) is 26.3. The van der Waals surface area contributed by atoms with Gasteiger partial charge in [-0.3, -0.25) is 5.41 Å². The minimum atomic E-state index is -1.84. The van der Waals surface area contributed by atoms with Gasteiger partial charge < -0.3 is 9.47 Å². The van der Waals surface area contributed by atoms with Crippen LogP contribution in [0.1, 0.15) is 0 Å². The standard InChI is InChI=1S/C7H6Cl3NO2/c1-2-6(4-13-6)3-12-5(11)7(8,9)10/h1,11H,3-4H2/t6-/m0/s1. The summed E-state index contributed by atoms with van der Waals surface area (Å²) in [5, 5.41) is 7.18. The lowest BCUT2D eigenvalue weighted by molar-refractivity contribution is 0.213. The minimum Gasteiger partial charge on any atom is -0.474 e. The van der Waals surface area contributed by atoms with Gasteiger partial charge in [0.05, 0.1) is 6.61 Å². The molecule has 1 N–H and O–H groups in total. The molecule has 0 aromatic rings. The fourth-order valence-corrected chi connectivity index (χ4v) is 0.730. The topological polar surface area (TPSA) is 45.6 Å². The number of epoxide rings is 1. The van der Waals surface area contributed by atoms with Gasteiger partial charge in [0.25, 0.3) is 3.79 Å². The van der Waals surface area contributed by atoms with Crippen molar-refractivity contribution in [2.45, 2.75) is 9.39 Å². The molecule has 6 heteroatoms. The number of halogens is 3. The van der Waals surface area contributed by atoms with Gasteiger partial charge >= 0.3 is 0 Å². The van der Waals surface area contributed by atoms with Crippen LogP contribution in [0.2, 0.25) is 0 Å². The molecule has 0 bridgehead atoms. The van der Waals surface area contributed by atoms with E-state index in [9.17, 15) is 0 Å². The van der Waals surface area contributed by atoms with Crippen molar-refractivity contribution in [3.05, 3.63) is 0 Å². The summed E-state index contributed by atoms with van der Waals surface area (Å²) in [6, 6.07) is 0. The molecule has 1 saturated heterocycles. The van der Waals surface area contributed by atoms with Crippen LogP contribution in [0.5, 0.6) is 0 Å². The fraction of sp³-hybridized carbons (Fsp3) is 0.571. The molecule has 0 saturated carbocycles. The third kappa shape index (κ3) is 2.92. The number of alkyl halides is 3. The molecule has 3 nitrogen and oxygen atoms in total. The van der Waals surface area contributed by atoms with Crippen LogP contribution in [0, 0.1) is 17.8 Å². The second-order valence-electron chi connectivity index (χ2n) is 2.54. The molecular formula is C7H6Cl3NO2. The van der Waals surface area contributed by atoms with Gasteiger partial charge in [-0.25, -0.2) is 0 Å². The first kappa shape index (κ1) is 10.9. The number of nitrogens with one attached hydrogen (secondary N) is 1. The smallest absolute Gasteiger partial charge is 0.265 e. The van der Waals surface area contributed by atoms with Crippen molar-refractivity contribution < 1.29 is 9.47 Å². The molecule has 1 heterocycles. The van der Waals surface area contributed by atoms with Crippen LogP contribution in [-0.2, 0) is 9.47 Å². The van der Waals surface area contributed by atoms with Crippen molar-refractivity contribution in [1.29, 1.82) is 5.41 Å². The summed E-state index contributed by atoms with van der Waals surface area (Å²) in [6.07, 6.45) is 5.14. The van der Waals surface area contributed by atoms with Crippen LogP contribution in [-0.4, -0.2) is 28.5 Å². The van der Waals surface area contributed by atoms with Gasteiger partial charge in [-0.15, -0.1) is 6.42 Å². The Morgan fingerprint density at radius 3 is 2.54 bits per heavy atom. The Bertz CT molecular complexity index is 262. The Kier molecular flexibility index (Phi) is 2.98. The Hall–Kier alpha value is -0.140. The number of ether oxygens (including phenoxy) is 2. The lowest BCUT2D eigenvalue weighted by Gasteiger charge is -2.14. The van der Waals surface area contributed by atoms with Gasteiger partial charge in [0.2, 0.25) is 5.90 Å². The molecule has 0 spiro atoms. The summed E-state index contributed by atoms with van der Waals surface area (Å²) in [7, 11) is 0. The van der Waals surface area contributed by atoms with Crippen LogP contribution >= 0.6 is 34.8 Å². The molecule has 1 aliphatic heterocycles. The number of hydrogen-bond donors (Lipinski definition) is 1. The summed E-state index contributed by atoms with van der Waals surface area (Å²) in [5.41, 5.74) is -0.720. The van der Waals surface area contributed by atoms with Crippen LogP contribution in [0.4, 0.5) is 0 Å². The first-order valence-corrected chi connectivity index (χ1v) is 4.43. The van der Waals surface area contributed by atoms with Gasteiger partial charge in [0.1, 0.15) is 6.61 Å². The maximum Gasteiger partial charge on any atom is 0.265 e. The molecule has 13 heavy (non-hydrogen) atoms. The van der Waals surface area contributed by atoms with Crippen molar-refractivity contribution in [2.24, 2.45) is 0 Å². The molecule has 0 radical (unpaired) electrons. The van der Waals surface area contributed by atoms with E-state index in [0.717, 1.165) is 0 Å². The largest absolute Gasteiger partial charge is 0.474 e. The molecule has 0 aliphatic carbocycles. The van der Waals surface area contributed by atoms with E-state index < -0.39 is 15.3 Å². The summed E-state index contributed by atoms with van der Waals surface area (Å²) >= 11 is 16.1. The fourth-order valence-electron chi connectivity index (χ4n) is 0.566. The Morgan fingerprint density at radius 1 is 1.69 bits per heavy atom. The molecule has 0 aromatic carbocycles. The second-order valence-corrected chi connectivity index (χ2v) is 4.82. The van der Waals surface area contributed by atoms with E-state index in [-0.39, 0.29) is 6.61 Å². The molecule has 0 amide bonds. The molecule has 0 aromatic heterocycles. The highest BCUT2D eigenvalue weighted by molar-refractivity contribution is 6.76. The highest BCUT2D eigenvalue weighted by atomic mass is 35.6. The van der Waals surface area contributed by atoms with Gasteiger partial charge in [-0.1, -0.05) is 40.7 Å². The Labute approximate surface area is 90.7 Å². The van der Waals surface area contributed by atoms with Gasteiger partial charge in [0.15, 0.2) is 5.60 Å². The molecule has 1 fully saturated rings. The average molecular weight is 242 g/mol. The summed E-state index contributed by atoms with van der Waals surface area (Å²) in [5.74, 6) is 1.93. The third-order valence-electron chi connectivity index (χ3n) is 1.46. The first-order chi connectivity index (χ1) is 5.90. The zero-order chi connectivity index (χ0) is 10.1. The second kappa shape index (κ2) is 3.55. The van der Waals surface area contributed by atoms with Crippen LogP contribution in [0.3, 0.4) is 0 Å². The third-order valence-corrected chi connectivity index (χ3v) is 1.98. The molecule has 1 rings (SSSR count). The lowest BCUT2D eigenvalue weighted by atomic mass is 10.2. The number of hydrogen-bond acceptors (Lipinski definition) is 3. The van der Waals surface area contributed by atoms with Crippen LogP contribution in [0.15, 0.2) is 0 Å². The molecule has 72 valence electrons. The van der Waals surface area contributed by atoms with Gasteiger partial charge in [-0.2, -0.15) is 0 Å². The van der Waals surface area contributed by atoms with E-state index in [1.165, 1.54) is 0 Å². The van der Waals surface area contributed by atoms with Crippen molar-refractivity contribution in [3.63, 3.8) is 0 Å². The summed E-state index contributed by atoms with van der Waals surface area (Å²) in [4.78, 5) is 0. The highest BCUT2D eigenvalue weighted by Gasteiger charge is 2.45. The Balaban J connectivity index is 2.36. The molecule has 1 aliphatic rings. The maximum absolute atomic E-state index is 7.18. The quantitative estimate of drug-likeness (QED) is 0.264. The van der Waals surface area contributed by atoms with E-state index in [1.807, 2.05) is 0 Å². The van der Waals surface area contributed by atoms with Crippen molar-refractivity contribution in [2.75, 3.05) is 13.2 Å². The van der Waals surface area contributed by atoms with Crippen molar-refractivity contribution >= 4 is 40.7 Å². The van der Waals surface area contributed by atoms with E-state index in [1.54, 1.807) is 0 Å². The van der Waals surface area contributed by atoms with Crippen molar-refractivity contribution in [3.8, 4) is 12.3 Å². The zero-order valence-corrected chi connectivity index (χ0v) is 8.71. The molecular weight excluding hydrogens is 236 g/mol. The Morgan fingerprint density at radius 2 is 2.23 bits per heavy atom. The van der Waals surface area contributed by atoms with Gasteiger partial charge in [0, 0.05) is 0 Å². The average Bonchev–Trinajstić information content (AvgIpc) is 2.79. The summed E-state index contributed by atoms with van der Waals surface area (Å²) < 4.78 is 7.92. The van der Waals surface area contributed by atoms with E-state index in [2.05, 4.69) is 5.92 Å². The SMILES string of the molecule is C#C[C@]1(COC(=N)C(Cl)(Cl)Cl)CO1. The van der Waals surface area contributed by atoms with E-state index >= 15 is 0 Å². The predicted octanol–water partition coefficient (Wildman–Crippen LogP) is 1.75. The first-order valence-electron chi connectivity index (χ1n) is 3.30. The monoisotopic (exact) mass is 241 g/mol. The molecule has 1 atom stereocenters. The summed E-state index contributed by atoms with van der Waals surface area (Å²) in [6.45, 7) is 0.451. The van der Waals surface area contributed by atoms with Crippen LogP contribution < -0.4 is 0 Å². The zero-order valence-electron chi connectivity index (χ0n) is 6.44. The van der Waals surface area contributed by atoms with E-state index in [4.69, 9.17) is 56.1 Å². The van der Waals surface area contributed by atoms with Crippen molar-refractivity contribution in [1.82, 2.24) is 0 Å². The highest BCUT2D eigenvalue weighted by Crippen LogP contribution is 2.30. The van der Waals surface area contributed by atoms with Gasteiger partial charge in [-0.05, 0) is 0 Å². The minimum absolute atomic E-state index is 0.0379.